The third kappa shape index (κ3) is 3.06. The molecule has 1 aromatic carbocycles. The van der Waals surface area contributed by atoms with Crippen LogP contribution in [-0.4, -0.2) is 29.7 Å². The van der Waals surface area contributed by atoms with E-state index in [-0.39, 0.29) is 17.7 Å². The molecule has 1 aliphatic heterocycles. The molecule has 4 nitrogen and oxygen atoms in total. The van der Waals surface area contributed by atoms with Crippen molar-refractivity contribution in [3.8, 4) is 5.75 Å². The maximum atomic E-state index is 12.1. The van der Waals surface area contributed by atoms with E-state index in [1.807, 2.05) is 18.2 Å². The number of carbonyl (C=O) groups is 2. The van der Waals surface area contributed by atoms with Crippen molar-refractivity contribution in [1.29, 1.82) is 0 Å². The zero-order chi connectivity index (χ0) is 14.7. The molecule has 0 bridgehead atoms. The molecule has 1 fully saturated rings. The van der Waals surface area contributed by atoms with Gasteiger partial charge in [-0.05, 0) is 58.1 Å². The molecule has 0 N–H and O–H groups in total. The van der Waals surface area contributed by atoms with Gasteiger partial charge in [-0.3, -0.25) is 14.5 Å². The predicted molar refractivity (Wildman–Crippen MR) is 88.6 cm³/mol. The molecule has 0 aliphatic carbocycles. The maximum Gasteiger partial charge on any atom is 0.293 e. The van der Waals surface area contributed by atoms with Gasteiger partial charge in [-0.2, -0.15) is 0 Å². The number of thioether (sulfide) groups is 1. The number of rotatable bonds is 4. The first-order valence-corrected chi connectivity index (χ1v) is 7.66. The van der Waals surface area contributed by atoms with Crippen molar-refractivity contribution < 1.29 is 14.3 Å². The number of ether oxygens (including phenoxy) is 1. The van der Waals surface area contributed by atoms with Crippen LogP contribution >= 0.6 is 34.4 Å². The Morgan fingerprint density at radius 2 is 2.20 bits per heavy atom. The molecule has 0 saturated carbocycles. The second kappa shape index (κ2) is 6.45. The normalized spacial score (nSPS) is 16.9. The van der Waals surface area contributed by atoms with Crippen molar-refractivity contribution in [3.05, 3.63) is 44.9 Å². The van der Waals surface area contributed by atoms with E-state index in [1.165, 1.54) is 11.0 Å². The zero-order valence-corrected chi connectivity index (χ0v) is 13.7. The van der Waals surface area contributed by atoms with Crippen LogP contribution in [0.15, 0.2) is 35.8 Å². The predicted octanol–water partition coefficient (Wildman–Crippen LogP) is 3.52. The summed E-state index contributed by atoms with van der Waals surface area (Å²) in [5.41, 5.74) is 0.860. The summed E-state index contributed by atoms with van der Waals surface area (Å²) in [5, 5.41) is -0.260. The molecular weight excluding hydrogens is 389 g/mol. The average molecular weight is 401 g/mol. The molecule has 20 heavy (non-hydrogen) atoms. The lowest BCUT2D eigenvalue weighted by Crippen LogP contribution is -2.27. The first kappa shape index (κ1) is 15.1. The first-order valence-electron chi connectivity index (χ1n) is 5.76. The van der Waals surface area contributed by atoms with Crippen molar-refractivity contribution in [1.82, 2.24) is 4.90 Å². The van der Waals surface area contributed by atoms with Gasteiger partial charge in [0.2, 0.25) is 0 Å². The summed E-state index contributed by atoms with van der Waals surface area (Å²) >= 11 is 3.11. The second-order valence-corrected chi connectivity index (χ2v) is 6.13. The number of benzene rings is 1. The van der Waals surface area contributed by atoms with Crippen LogP contribution in [0, 0.1) is 3.57 Å². The monoisotopic (exact) mass is 401 g/mol. The molecule has 1 heterocycles. The van der Waals surface area contributed by atoms with Gasteiger partial charge in [0.1, 0.15) is 5.75 Å². The number of hydrogen-bond acceptors (Lipinski definition) is 4. The summed E-state index contributed by atoms with van der Waals surface area (Å²) in [4.78, 5) is 25.4. The maximum absolute atomic E-state index is 12.1. The van der Waals surface area contributed by atoms with Gasteiger partial charge in [0.15, 0.2) is 0 Å². The molecule has 0 spiro atoms. The Hall–Kier alpha value is -1.28. The van der Waals surface area contributed by atoms with Crippen LogP contribution in [0.2, 0.25) is 0 Å². The van der Waals surface area contributed by atoms with Crippen molar-refractivity contribution in [2.75, 3.05) is 13.7 Å². The lowest BCUT2D eigenvalue weighted by molar-refractivity contribution is -0.122. The van der Waals surface area contributed by atoms with Crippen LogP contribution in [0.1, 0.15) is 5.56 Å². The van der Waals surface area contributed by atoms with Gasteiger partial charge in [0, 0.05) is 6.54 Å². The fraction of sp³-hybridized carbons (Fsp3) is 0.143. The van der Waals surface area contributed by atoms with E-state index in [9.17, 15) is 9.59 Å². The number of nitrogens with zero attached hydrogens (tertiary/aromatic N) is 1. The van der Waals surface area contributed by atoms with Gasteiger partial charge in [-0.15, -0.1) is 6.58 Å². The lowest BCUT2D eigenvalue weighted by atomic mass is 10.2. The molecule has 0 unspecified atom stereocenters. The van der Waals surface area contributed by atoms with E-state index >= 15 is 0 Å². The molecule has 2 amide bonds. The fourth-order valence-corrected chi connectivity index (χ4v) is 3.32. The van der Waals surface area contributed by atoms with E-state index in [4.69, 9.17) is 4.74 Å². The van der Waals surface area contributed by atoms with E-state index in [0.717, 1.165) is 26.6 Å². The third-order valence-corrected chi connectivity index (χ3v) is 4.41. The molecule has 1 aliphatic rings. The van der Waals surface area contributed by atoms with Gasteiger partial charge in [0.05, 0.1) is 15.6 Å². The second-order valence-electron chi connectivity index (χ2n) is 3.97. The van der Waals surface area contributed by atoms with Crippen LogP contribution in [0.4, 0.5) is 4.79 Å². The number of methoxy groups -OCH3 is 1. The summed E-state index contributed by atoms with van der Waals surface area (Å²) in [6, 6.07) is 5.59. The summed E-state index contributed by atoms with van der Waals surface area (Å²) in [6.45, 7) is 3.78. The van der Waals surface area contributed by atoms with E-state index < -0.39 is 0 Å². The Bertz CT molecular complexity index is 612. The molecule has 2 rings (SSSR count). The molecule has 0 aromatic heterocycles. The quantitative estimate of drug-likeness (QED) is 0.440. The molecule has 104 valence electrons. The molecule has 6 heteroatoms. The van der Waals surface area contributed by atoms with E-state index in [0.29, 0.717) is 4.91 Å². The van der Waals surface area contributed by atoms with Gasteiger partial charge < -0.3 is 4.74 Å². The van der Waals surface area contributed by atoms with Crippen molar-refractivity contribution in [2.24, 2.45) is 0 Å². The Labute approximate surface area is 135 Å². The largest absolute Gasteiger partial charge is 0.496 e. The first-order chi connectivity index (χ1) is 9.56. The standard InChI is InChI=1S/C14H12INO3S/c1-3-6-16-13(17)12(20-14(16)18)8-9-4-5-11(19-2)10(15)7-9/h3-5,7-8H,1,6H2,2H3/b12-8-. The number of carbonyl (C=O) groups excluding carboxylic acids is 2. The minimum absolute atomic E-state index is 0.238. The SMILES string of the molecule is C=CCN1C(=O)S/C(=C\c2ccc(OC)c(I)c2)C1=O. The van der Waals surface area contributed by atoms with E-state index in [2.05, 4.69) is 29.2 Å². The van der Waals surface area contributed by atoms with Crippen LogP contribution in [0.3, 0.4) is 0 Å². The lowest BCUT2D eigenvalue weighted by Gasteiger charge is -2.07. The van der Waals surface area contributed by atoms with Crippen LogP contribution in [0.25, 0.3) is 6.08 Å². The highest BCUT2D eigenvalue weighted by Gasteiger charge is 2.33. The third-order valence-electron chi connectivity index (χ3n) is 2.66. The van der Waals surface area contributed by atoms with E-state index in [1.54, 1.807) is 13.2 Å². The Balaban J connectivity index is 2.28. The number of hydrogen-bond donors (Lipinski definition) is 0. The highest BCUT2D eigenvalue weighted by atomic mass is 127. The van der Waals surface area contributed by atoms with Gasteiger partial charge in [-0.25, -0.2) is 0 Å². The summed E-state index contributed by atoms with van der Waals surface area (Å²) in [5.74, 6) is 0.508. The van der Waals surface area contributed by atoms with Gasteiger partial charge in [-0.1, -0.05) is 12.1 Å². The highest BCUT2D eigenvalue weighted by Crippen LogP contribution is 2.32. The summed E-state index contributed by atoms with van der Waals surface area (Å²) < 4.78 is 6.13. The van der Waals surface area contributed by atoms with Gasteiger partial charge >= 0.3 is 0 Å². The van der Waals surface area contributed by atoms with Gasteiger partial charge in [0.25, 0.3) is 11.1 Å². The number of imide groups is 1. The number of amides is 2. The summed E-state index contributed by atoms with van der Waals surface area (Å²) in [6.07, 6.45) is 3.26. The van der Waals surface area contributed by atoms with Crippen LogP contribution in [-0.2, 0) is 4.79 Å². The number of halogens is 1. The smallest absolute Gasteiger partial charge is 0.293 e. The molecule has 1 saturated heterocycles. The Morgan fingerprint density at radius 1 is 1.45 bits per heavy atom. The Morgan fingerprint density at radius 3 is 2.80 bits per heavy atom. The average Bonchev–Trinajstić information content (AvgIpc) is 2.67. The topological polar surface area (TPSA) is 46.6 Å². The van der Waals surface area contributed by atoms with Crippen LogP contribution < -0.4 is 4.74 Å². The minimum atomic E-state index is -0.272. The highest BCUT2D eigenvalue weighted by molar-refractivity contribution is 14.1. The minimum Gasteiger partial charge on any atom is -0.496 e. The van der Waals surface area contributed by atoms with Crippen molar-refractivity contribution in [2.45, 2.75) is 0 Å². The summed E-state index contributed by atoms with van der Waals surface area (Å²) in [7, 11) is 1.61. The molecule has 1 aromatic rings. The zero-order valence-electron chi connectivity index (χ0n) is 10.8. The van der Waals surface area contributed by atoms with Crippen molar-refractivity contribution in [3.63, 3.8) is 0 Å². The molecule has 0 atom stereocenters. The fourth-order valence-electron chi connectivity index (χ4n) is 1.71. The Kier molecular flexibility index (Phi) is 4.87. The van der Waals surface area contributed by atoms with Crippen molar-refractivity contribution >= 4 is 51.6 Å². The van der Waals surface area contributed by atoms with Crippen LogP contribution in [0.5, 0.6) is 5.75 Å². The molecular formula is C14H12INO3S. The molecule has 0 radical (unpaired) electrons.